The van der Waals surface area contributed by atoms with Crippen LogP contribution in [0.5, 0.6) is 0 Å². The van der Waals surface area contributed by atoms with Crippen LogP contribution in [0.3, 0.4) is 0 Å². The molecular weight excluding hydrogens is 328 g/mol. The Kier molecular flexibility index (Phi) is 3.21. The zero-order valence-electron chi connectivity index (χ0n) is 15.0. The summed E-state index contributed by atoms with van der Waals surface area (Å²) in [6, 6.07) is 15.1. The second-order valence-corrected chi connectivity index (χ2v) is 7.75. The number of hydrogen-bond acceptors (Lipinski definition) is 2. The zero-order chi connectivity index (χ0) is 17.8. The van der Waals surface area contributed by atoms with Crippen molar-refractivity contribution >= 4 is 0 Å². The van der Waals surface area contributed by atoms with E-state index in [1.54, 1.807) is 0 Å². The first-order chi connectivity index (χ1) is 13.4. The van der Waals surface area contributed by atoms with E-state index in [1.807, 2.05) is 12.4 Å². The Labute approximate surface area is 159 Å². The monoisotopic (exact) mass is 348 g/mol. The quantitative estimate of drug-likeness (QED) is 0.568. The fourth-order valence-electron chi connectivity index (χ4n) is 4.94. The maximum Gasteiger partial charge on any atom is 0.0930 e. The highest BCUT2D eigenvalue weighted by Gasteiger charge is 2.49. The predicted molar refractivity (Wildman–Crippen MR) is 109 cm³/mol. The first-order valence-electron chi connectivity index (χ1n) is 9.78. The summed E-state index contributed by atoms with van der Waals surface area (Å²) in [4.78, 5) is 9.64. The van der Waals surface area contributed by atoms with Crippen molar-refractivity contribution in [3.05, 3.63) is 95.9 Å². The Morgan fingerprint density at radius 1 is 0.778 bits per heavy atom. The molecule has 1 saturated carbocycles. The van der Waals surface area contributed by atoms with Crippen LogP contribution in [0.2, 0.25) is 0 Å². The van der Waals surface area contributed by atoms with Crippen molar-refractivity contribution in [1.82, 2.24) is 9.97 Å². The van der Waals surface area contributed by atoms with Crippen LogP contribution in [0, 0.1) is 0 Å². The van der Waals surface area contributed by atoms with E-state index in [9.17, 15) is 0 Å². The summed E-state index contributed by atoms with van der Waals surface area (Å²) in [7, 11) is 0. The predicted octanol–water partition coefficient (Wildman–Crippen LogP) is 5.99. The summed E-state index contributed by atoms with van der Waals surface area (Å²) in [5.41, 5.74) is 9.13. The molecule has 2 aromatic heterocycles. The van der Waals surface area contributed by atoms with Gasteiger partial charge in [-0.3, -0.25) is 9.97 Å². The van der Waals surface area contributed by atoms with Crippen LogP contribution in [0.1, 0.15) is 47.3 Å². The average molecular weight is 348 g/mol. The van der Waals surface area contributed by atoms with Gasteiger partial charge in [-0.2, -0.15) is 0 Å². The molecule has 2 nitrogen and oxygen atoms in total. The van der Waals surface area contributed by atoms with Crippen LogP contribution in [-0.2, 0) is 0 Å². The van der Waals surface area contributed by atoms with Gasteiger partial charge in [0.05, 0.1) is 11.4 Å². The van der Waals surface area contributed by atoms with Gasteiger partial charge in [0.2, 0.25) is 0 Å². The molecule has 0 saturated heterocycles. The minimum atomic E-state index is 0.465. The van der Waals surface area contributed by atoms with Gasteiger partial charge in [-0.1, -0.05) is 54.6 Å². The van der Waals surface area contributed by atoms with Crippen molar-refractivity contribution in [2.45, 2.75) is 30.6 Å². The third-order valence-electron chi connectivity index (χ3n) is 6.24. The van der Waals surface area contributed by atoms with Gasteiger partial charge in [-0.25, -0.2) is 0 Å². The number of allylic oxidation sites excluding steroid dienone is 4. The van der Waals surface area contributed by atoms with Crippen molar-refractivity contribution in [2.75, 3.05) is 0 Å². The molecule has 0 amide bonds. The molecule has 0 bridgehead atoms. The Hall–Kier alpha value is -3.00. The molecule has 6 rings (SSSR count). The minimum Gasteiger partial charge on any atom is -0.254 e. The molecule has 0 radical (unpaired) electrons. The third kappa shape index (κ3) is 2.26. The molecule has 130 valence electrons. The van der Waals surface area contributed by atoms with E-state index in [4.69, 9.17) is 9.97 Å². The number of pyridine rings is 2. The molecule has 2 heterocycles. The van der Waals surface area contributed by atoms with Crippen molar-refractivity contribution in [2.24, 2.45) is 0 Å². The number of hydrogen-bond donors (Lipinski definition) is 0. The lowest BCUT2D eigenvalue weighted by molar-refractivity contribution is 0.819. The second-order valence-electron chi connectivity index (χ2n) is 7.75. The van der Waals surface area contributed by atoms with E-state index >= 15 is 0 Å². The summed E-state index contributed by atoms with van der Waals surface area (Å²) in [6.45, 7) is 0. The first-order valence-corrected chi connectivity index (χ1v) is 9.78. The maximum absolute atomic E-state index is 4.82. The molecule has 0 spiro atoms. The number of nitrogens with zero attached hydrogens (tertiary/aromatic N) is 2. The molecule has 3 aliphatic carbocycles. The van der Waals surface area contributed by atoms with Gasteiger partial charge >= 0.3 is 0 Å². The topological polar surface area (TPSA) is 25.8 Å². The SMILES string of the molecule is C1=CCC(c2ccnc3c2C2CC2c2c(-c4ccccc4)ccnc2-3)C=C1. The van der Waals surface area contributed by atoms with Gasteiger partial charge in [0.25, 0.3) is 0 Å². The van der Waals surface area contributed by atoms with Crippen LogP contribution in [0.15, 0.2) is 79.2 Å². The lowest BCUT2D eigenvalue weighted by Crippen LogP contribution is -2.10. The highest BCUT2D eigenvalue weighted by Crippen LogP contribution is 2.64. The van der Waals surface area contributed by atoms with Gasteiger partial charge in [0.15, 0.2) is 0 Å². The fourth-order valence-corrected chi connectivity index (χ4v) is 4.94. The maximum atomic E-state index is 4.82. The standard InChI is InChI=1S/C25H20N2/c1-3-7-16(8-4-1)18-11-13-26-24-22(18)20-15-21(20)23-19(12-14-27-25(23)24)17-9-5-2-6-10-17/h1-9,11-14,17,20-21H,10,15H2. The van der Waals surface area contributed by atoms with E-state index < -0.39 is 0 Å². The molecule has 2 heteroatoms. The Bertz CT molecular complexity index is 1090. The summed E-state index contributed by atoms with van der Waals surface area (Å²) >= 11 is 0. The molecule has 3 aliphatic rings. The van der Waals surface area contributed by atoms with Crippen molar-refractivity contribution < 1.29 is 0 Å². The molecular formula is C25H20N2. The minimum absolute atomic E-state index is 0.465. The summed E-state index contributed by atoms with van der Waals surface area (Å²) in [5.74, 6) is 1.65. The highest BCUT2D eigenvalue weighted by atomic mass is 14.8. The van der Waals surface area contributed by atoms with Crippen LogP contribution in [0.25, 0.3) is 22.5 Å². The van der Waals surface area contributed by atoms with Crippen LogP contribution in [0.4, 0.5) is 0 Å². The molecule has 0 aliphatic heterocycles. The van der Waals surface area contributed by atoms with Crippen molar-refractivity contribution in [3.8, 4) is 22.5 Å². The number of benzene rings is 1. The third-order valence-corrected chi connectivity index (χ3v) is 6.24. The van der Waals surface area contributed by atoms with E-state index in [0.29, 0.717) is 17.8 Å². The molecule has 3 atom stereocenters. The highest BCUT2D eigenvalue weighted by molar-refractivity contribution is 5.81. The fraction of sp³-hybridized carbons (Fsp3) is 0.200. The molecule has 3 aromatic rings. The number of aromatic nitrogens is 2. The molecule has 3 unspecified atom stereocenters. The summed E-state index contributed by atoms with van der Waals surface area (Å²) < 4.78 is 0. The summed E-state index contributed by atoms with van der Waals surface area (Å²) in [6.07, 6.45) is 15.1. The van der Waals surface area contributed by atoms with Crippen molar-refractivity contribution in [3.63, 3.8) is 0 Å². The van der Waals surface area contributed by atoms with Crippen molar-refractivity contribution in [1.29, 1.82) is 0 Å². The normalized spacial score (nSPS) is 24.1. The molecule has 1 fully saturated rings. The molecule has 1 aromatic carbocycles. The van der Waals surface area contributed by atoms with Crippen LogP contribution in [-0.4, -0.2) is 9.97 Å². The lowest BCUT2D eigenvalue weighted by atomic mass is 9.81. The first kappa shape index (κ1) is 15.1. The Morgan fingerprint density at radius 3 is 2.37 bits per heavy atom. The van der Waals surface area contributed by atoms with Gasteiger partial charge in [0.1, 0.15) is 0 Å². The van der Waals surface area contributed by atoms with Gasteiger partial charge in [-0.15, -0.1) is 0 Å². The molecule has 27 heavy (non-hydrogen) atoms. The largest absolute Gasteiger partial charge is 0.254 e. The van der Waals surface area contributed by atoms with E-state index in [-0.39, 0.29) is 0 Å². The summed E-state index contributed by atoms with van der Waals surface area (Å²) in [5, 5.41) is 0. The lowest BCUT2D eigenvalue weighted by Gasteiger charge is -2.25. The van der Waals surface area contributed by atoms with E-state index in [0.717, 1.165) is 17.8 Å². The van der Waals surface area contributed by atoms with E-state index in [2.05, 4.69) is 66.8 Å². The smallest absolute Gasteiger partial charge is 0.0930 e. The van der Waals surface area contributed by atoms with Crippen LogP contribution < -0.4 is 0 Å². The van der Waals surface area contributed by atoms with Gasteiger partial charge in [0, 0.05) is 18.3 Å². The number of rotatable bonds is 2. The second kappa shape index (κ2) is 5.75. The van der Waals surface area contributed by atoms with E-state index in [1.165, 1.54) is 34.2 Å². The Balaban J connectivity index is 1.56. The zero-order valence-corrected chi connectivity index (χ0v) is 15.0. The molecule has 0 N–H and O–H groups in total. The van der Waals surface area contributed by atoms with Crippen LogP contribution >= 0.6 is 0 Å². The van der Waals surface area contributed by atoms with Gasteiger partial charge < -0.3 is 0 Å². The average Bonchev–Trinajstić information content (AvgIpc) is 3.55. The Morgan fingerprint density at radius 2 is 1.56 bits per heavy atom. The van der Waals surface area contributed by atoms with Gasteiger partial charge in [-0.05, 0) is 64.6 Å². The number of fused-ring (bicyclic) bond motifs is 6.